The average Bonchev–Trinajstić information content (AvgIpc) is 2.63. The Balaban J connectivity index is 1.64. The molecule has 2 aromatic carbocycles. The van der Waals surface area contributed by atoms with E-state index in [0.717, 1.165) is 44.4 Å². The lowest BCUT2D eigenvalue weighted by Crippen LogP contribution is -2.03. The minimum absolute atomic E-state index is 0.578. The van der Waals surface area contributed by atoms with Crippen molar-refractivity contribution in [1.29, 1.82) is 0 Å². The number of hydrogen-bond donors (Lipinski definition) is 1. The van der Waals surface area contributed by atoms with Gasteiger partial charge in [-0.3, -0.25) is 0 Å². The molecule has 0 amide bonds. The molecule has 1 N–H and O–H groups in total. The molecule has 0 fully saturated rings. The monoisotopic (exact) mass is 443 g/mol. The molecule has 0 bridgehead atoms. The Labute approximate surface area is 161 Å². The number of nitrogens with zero attached hydrogens (tertiary/aromatic N) is 2. The van der Waals surface area contributed by atoms with Crippen molar-refractivity contribution in [3.05, 3.63) is 63.5 Å². The van der Waals surface area contributed by atoms with Crippen molar-refractivity contribution in [2.45, 2.75) is 13.0 Å². The second-order valence-corrected chi connectivity index (χ2v) is 6.70. The van der Waals surface area contributed by atoms with Crippen LogP contribution in [0, 0.1) is 15.4 Å². The molecule has 0 aliphatic rings. The first-order valence-electron chi connectivity index (χ1n) is 7.98. The lowest BCUT2D eigenvalue weighted by molar-refractivity contribution is 0.184. The van der Waals surface area contributed by atoms with Gasteiger partial charge >= 0.3 is 0 Å². The van der Waals surface area contributed by atoms with Gasteiger partial charge in [-0.1, -0.05) is 30.0 Å². The molecule has 0 aliphatic heterocycles. The summed E-state index contributed by atoms with van der Waals surface area (Å²) in [7, 11) is 1.70. The molecule has 3 aromatic rings. The molecule has 25 heavy (non-hydrogen) atoms. The van der Waals surface area contributed by atoms with Crippen LogP contribution in [-0.2, 0) is 11.3 Å². The van der Waals surface area contributed by atoms with Gasteiger partial charge in [0.2, 0.25) is 0 Å². The number of benzene rings is 2. The Morgan fingerprint density at radius 3 is 2.92 bits per heavy atom. The van der Waals surface area contributed by atoms with Crippen LogP contribution < -0.4 is 5.32 Å². The van der Waals surface area contributed by atoms with E-state index in [1.807, 2.05) is 36.4 Å². The van der Waals surface area contributed by atoms with Gasteiger partial charge in [-0.05, 0) is 52.4 Å². The number of anilines is 1. The zero-order valence-electron chi connectivity index (χ0n) is 13.9. The smallest absolute Gasteiger partial charge is 0.137 e. The quantitative estimate of drug-likeness (QED) is 0.364. The molecule has 0 unspecified atom stereocenters. The number of methoxy groups -OCH3 is 1. The van der Waals surface area contributed by atoms with Gasteiger partial charge < -0.3 is 10.1 Å². The molecule has 5 heteroatoms. The van der Waals surface area contributed by atoms with Crippen LogP contribution in [0.3, 0.4) is 0 Å². The van der Waals surface area contributed by atoms with E-state index in [9.17, 15) is 0 Å². The van der Waals surface area contributed by atoms with Crippen molar-refractivity contribution in [3.8, 4) is 11.8 Å². The number of halogens is 1. The van der Waals surface area contributed by atoms with E-state index in [4.69, 9.17) is 4.74 Å². The Hall–Kier alpha value is -2.17. The van der Waals surface area contributed by atoms with Crippen LogP contribution >= 0.6 is 22.6 Å². The number of hydrogen-bond acceptors (Lipinski definition) is 4. The minimum Gasteiger partial charge on any atom is -0.380 e. The van der Waals surface area contributed by atoms with Crippen molar-refractivity contribution in [2.75, 3.05) is 19.0 Å². The van der Waals surface area contributed by atoms with Gasteiger partial charge in [0.05, 0.1) is 12.1 Å². The van der Waals surface area contributed by atoms with E-state index in [1.54, 1.807) is 13.4 Å². The van der Waals surface area contributed by atoms with E-state index < -0.39 is 0 Å². The van der Waals surface area contributed by atoms with Crippen LogP contribution in [0.1, 0.15) is 17.5 Å². The maximum atomic E-state index is 5.21. The summed E-state index contributed by atoms with van der Waals surface area (Å²) in [6.45, 7) is 1.31. The highest BCUT2D eigenvalue weighted by Gasteiger charge is 2.03. The van der Waals surface area contributed by atoms with Gasteiger partial charge in [0.15, 0.2) is 0 Å². The van der Waals surface area contributed by atoms with E-state index in [0.29, 0.717) is 6.61 Å². The number of ether oxygens (including phenoxy) is 1. The van der Waals surface area contributed by atoms with Crippen molar-refractivity contribution in [1.82, 2.24) is 9.97 Å². The third kappa shape index (κ3) is 4.68. The zero-order chi connectivity index (χ0) is 17.5. The summed E-state index contributed by atoms with van der Waals surface area (Å²) in [6, 6.07) is 14.2. The highest BCUT2D eigenvalue weighted by molar-refractivity contribution is 14.1. The van der Waals surface area contributed by atoms with E-state index >= 15 is 0 Å². The normalized spacial score (nSPS) is 10.3. The van der Waals surface area contributed by atoms with E-state index in [1.165, 1.54) is 0 Å². The van der Waals surface area contributed by atoms with Crippen LogP contribution in [0.5, 0.6) is 0 Å². The summed E-state index contributed by atoms with van der Waals surface area (Å²) in [5.41, 5.74) is 3.07. The van der Waals surface area contributed by atoms with Crippen molar-refractivity contribution >= 4 is 39.3 Å². The lowest BCUT2D eigenvalue weighted by atomic mass is 10.1. The summed E-state index contributed by atoms with van der Waals surface area (Å²) in [6.07, 6.45) is 2.32. The number of fused-ring (bicyclic) bond motifs is 1. The van der Waals surface area contributed by atoms with E-state index in [2.05, 4.69) is 55.8 Å². The molecule has 1 heterocycles. The SMILES string of the molecule is COCc1ccccc1C#CCCNc1ncnc2ccc(I)cc12. The molecule has 3 rings (SSSR count). The molecule has 0 radical (unpaired) electrons. The second kappa shape index (κ2) is 8.79. The molecule has 126 valence electrons. The van der Waals surface area contributed by atoms with Crippen molar-refractivity contribution in [2.24, 2.45) is 0 Å². The fourth-order valence-electron chi connectivity index (χ4n) is 2.49. The fraction of sp³-hybridized carbons (Fsp3) is 0.200. The summed E-state index contributed by atoms with van der Waals surface area (Å²) in [5.74, 6) is 7.30. The molecular weight excluding hydrogens is 425 g/mol. The molecule has 0 saturated carbocycles. The Kier molecular flexibility index (Phi) is 6.20. The predicted octanol–water partition coefficient (Wildman–Crippen LogP) is 4.23. The van der Waals surface area contributed by atoms with Crippen LogP contribution in [0.15, 0.2) is 48.8 Å². The zero-order valence-corrected chi connectivity index (χ0v) is 16.1. The first kappa shape index (κ1) is 17.6. The second-order valence-electron chi connectivity index (χ2n) is 5.45. The molecule has 4 nitrogen and oxygen atoms in total. The van der Waals surface area contributed by atoms with Crippen molar-refractivity contribution < 1.29 is 4.74 Å². The largest absolute Gasteiger partial charge is 0.380 e. The lowest BCUT2D eigenvalue weighted by Gasteiger charge is -2.07. The van der Waals surface area contributed by atoms with E-state index in [-0.39, 0.29) is 0 Å². The summed E-state index contributed by atoms with van der Waals surface area (Å²) in [4.78, 5) is 8.65. The Bertz CT molecular complexity index is 931. The fourth-order valence-corrected chi connectivity index (χ4v) is 2.99. The molecule has 0 atom stereocenters. The molecule has 0 aliphatic carbocycles. The summed E-state index contributed by atoms with van der Waals surface area (Å²) in [5, 5.41) is 4.39. The first-order chi connectivity index (χ1) is 12.3. The van der Waals surface area contributed by atoms with Gasteiger partial charge in [-0.2, -0.15) is 0 Å². The molecule has 1 aromatic heterocycles. The third-order valence-corrected chi connectivity index (χ3v) is 4.35. The van der Waals surface area contributed by atoms with Crippen LogP contribution in [0.2, 0.25) is 0 Å². The van der Waals surface area contributed by atoms with Gasteiger partial charge in [0, 0.05) is 34.6 Å². The Morgan fingerprint density at radius 2 is 2.04 bits per heavy atom. The Morgan fingerprint density at radius 1 is 1.16 bits per heavy atom. The minimum atomic E-state index is 0.578. The number of nitrogens with one attached hydrogen (secondary N) is 1. The molecule has 0 saturated heterocycles. The van der Waals surface area contributed by atoms with Gasteiger partial charge in [-0.25, -0.2) is 9.97 Å². The average molecular weight is 443 g/mol. The third-order valence-electron chi connectivity index (χ3n) is 3.68. The first-order valence-corrected chi connectivity index (χ1v) is 9.05. The highest BCUT2D eigenvalue weighted by Crippen LogP contribution is 2.21. The van der Waals surface area contributed by atoms with Gasteiger partial charge in [0.25, 0.3) is 0 Å². The number of aromatic nitrogens is 2. The van der Waals surface area contributed by atoms with Gasteiger partial charge in [-0.15, -0.1) is 0 Å². The van der Waals surface area contributed by atoms with Crippen LogP contribution in [0.4, 0.5) is 5.82 Å². The van der Waals surface area contributed by atoms with Gasteiger partial charge in [0.1, 0.15) is 12.1 Å². The van der Waals surface area contributed by atoms with Crippen molar-refractivity contribution in [3.63, 3.8) is 0 Å². The highest BCUT2D eigenvalue weighted by atomic mass is 127. The number of rotatable bonds is 5. The molecular formula is C20H18IN3O. The summed E-state index contributed by atoms with van der Waals surface area (Å²) < 4.78 is 6.37. The topological polar surface area (TPSA) is 47.0 Å². The predicted molar refractivity (Wildman–Crippen MR) is 109 cm³/mol. The maximum Gasteiger partial charge on any atom is 0.137 e. The van der Waals surface area contributed by atoms with Crippen LogP contribution in [-0.4, -0.2) is 23.6 Å². The standard InChI is InChI=1S/C20H18IN3O/c1-25-13-16-8-3-2-6-15(16)7-4-5-11-22-20-18-12-17(21)9-10-19(18)23-14-24-20/h2-3,6,8-10,12,14H,5,11,13H2,1H3,(H,22,23,24). The maximum absolute atomic E-state index is 5.21. The van der Waals surface area contributed by atoms with Crippen LogP contribution in [0.25, 0.3) is 10.9 Å². The summed E-state index contributed by atoms with van der Waals surface area (Å²) >= 11 is 2.30. The molecule has 0 spiro atoms.